The number of nitrogens with one attached hydrogen (secondary N) is 1. The van der Waals surface area contributed by atoms with Crippen LogP contribution in [0.5, 0.6) is 0 Å². The van der Waals surface area contributed by atoms with Gasteiger partial charge in [-0.05, 0) is 25.3 Å². The molecule has 0 aliphatic heterocycles. The molecule has 1 atom stereocenters. The standard InChI is InChI=1S/C12H16N2O2S.C2H6/c1-3-10(2)13-17-12-9-7-5-4-6-8-11(12)14(15)16;1-2/h8-10,13H,3,6-7H2,1-2H3;1-2H3/b11-8+,12-9+;. The number of allylic oxidation sites excluding steroid dienone is 2. The lowest BCUT2D eigenvalue weighted by molar-refractivity contribution is -0.419. The topological polar surface area (TPSA) is 55.2 Å². The number of nitro groups is 1. The van der Waals surface area contributed by atoms with Crippen LogP contribution < -0.4 is 4.72 Å². The lowest BCUT2D eigenvalue weighted by Crippen LogP contribution is -2.18. The van der Waals surface area contributed by atoms with Gasteiger partial charge >= 0.3 is 0 Å². The molecule has 1 N–H and O–H groups in total. The van der Waals surface area contributed by atoms with Crippen molar-refractivity contribution >= 4 is 11.9 Å². The second-order valence-electron chi connectivity index (χ2n) is 3.71. The van der Waals surface area contributed by atoms with Gasteiger partial charge in [-0.25, -0.2) is 0 Å². The van der Waals surface area contributed by atoms with Gasteiger partial charge in [0.15, 0.2) is 0 Å². The highest BCUT2D eigenvalue weighted by Gasteiger charge is 2.18. The zero-order chi connectivity index (χ0) is 14.7. The fourth-order valence-electron chi connectivity index (χ4n) is 1.15. The van der Waals surface area contributed by atoms with Crippen molar-refractivity contribution in [2.24, 2.45) is 0 Å². The lowest BCUT2D eigenvalue weighted by Gasteiger charge is -2.11. The molecule has 0 aromatic rings. The molecule has 4 nitrogen and oxygen atoms in total. The van der Waals surface area contributed by atoms with Crippen molar-refractivity contribution in [1.29, 1.82) is 0 Å². The van der Waals surface area contributed by atoms with Crippen LogP contribution in [0.2, 0.25) is 0 Å². The molecule has 0 aromatic heterocycles. The first kappa shape index (κ1) is 17.8. The Hall–Kier alpha value is -1.25. The summed E-state index contributed by atoms with van der Waals surface area (Å²) in [5, 5.41) is 11.0. The molecule has 0 heterocycles. The molecule has 0 saturated heterocycles. The number of rotatable bonds is 5. The highest BCUT2D eigenvalue weighted by atomic mass is 32.2. The van der Waals surface area contributed by atoms with E-state index in [1.165, 1.54) is 11.9 Å². The zero-order valence-electron chi connectivity index (χ0n) is 12.0. The first-order valence-electron chi connectivity index (χ1n) is 6.58. The Balaban J connectivity index is 0.00000154. The van der Waals surface area contributed by atoms with Crippen molar-refractivity contribution in [2.75, 3.05) is 0 Å². The van der Waals surface area contributed by atoms with Crippen molar-refractivity contribution in [1.82, 2.24) is 4.72 Å². The smallest absolute Gasteiger partial charge is 0.258 e. The fourth-order valence-corrected chi connectivity index (χ4v) is 2.07. The van der Waals surface area contributed by atoms with Gasteiger partial charge in [-0.3, -0.25) is 14.8 Å². The summed E-state index contributed by atoms with van der Waals surface area (Å²) in [6, 6.07) is 0.324. The van der Waals surface area contributed by atoms with Crippen LogP contribution in [0.15, 0.2) is 22.8 Å². The van der Waals surface area contributed by atoms with E-state index in [0.29, 0.717) is 23.8 Å². The van der Waals surface area contributed by atoms with Gasteiger partial charge in [-0.1, -0.05) is 38.7 Å². The van der Waals surface area contributed by atoms with Crippen molar-refractivity contribution < 1.29 is 4.92 Å². The van der Waals surface area contributed by atoms with Crippen molar-refractivity contribution in [3.05, 3.63) is 32.9 Å². The molecule has 0 spiro atoms. The van der Waals surface area contributed by atoms with E-state index in [4.69, 9.17) is 0 Å². The van der Waals surface area contributed by atoms with Crippen molar-refractivity contribution in [2.45, 2.75) is 53.0 Å². The Morgan fingerprint density at radius 1 is 1.42 bits per heavy atom. The Kier molecular flexibility index (Phi) is 9.95. The van der Waals surface area contributed by atoms with Crippen molar-refractivity contribution in [3.8, 4) is 11.8 Å². The Labute approximate surface area is 120 Å². The molecule has 1 rings (SSSR count). The Morgan fingerprint density at radius 3 is 2.53 bits per heavy atom. The first-order chi connectivity index (χ1) is 9.15. The van der Waals surface area contributed by atoms with Crippen molar-refractivity contribution in [3.63, 3.8) is 0 Å². The summed E-state index contributed by atoms with van der Waals surface area (Å²) in [4.78, 5) is 11.3. The summed E-state index contributed by atoms with van der Waals surface area (Å²) < 4.78 is 3.19. The van der Waals surface area contributed by atoms with E-state index in [1.54, 1.807) is 12.2 Å². The van der Waals surface area contributed by atoms with Gasteiger partial charge in [0.1, 0.15) is 0 Å². The fraction of sp³-hybridized carbons (Fsp3) is 0.571. The average molecular weight is 282 g/mol. The molecule has 1 aliphatic rings. The summed E-state index contributed by atoms with van der Waals surface area (Å²) in [5.41, 5.74) is 0.153. The van der Waals surface area contributed by atoms with Crippen LogP contribution in [-0.2, 0) is 0 Å². The Bertz CT molecular complexity index is 405. The van der Waals surface area contributed by atoms with E-state index in [9.17, 15) is 10.1 Å². The van der Waals surface area contributed by atoms with Crippen LogP contribution in [0, 0.1) is 22.0 Å². The van der Waals surface area contributed by atoms with Gasteiger partial charge in [-0.2, -0.15) is 0 Å². The van der Waals surface area contributed by atoms with Gasteiger partial charge in [0.05, 0.1) is 9.83 Å². The maximum atomic E-state index is 11.0. The predicted molar refractivity (Wildman–Crippen MR) is 82.0 cm³/mol. The zero-order valence-corrected chi connectivity index (χ0v) is 12.8. The largest absolute Gasteiger partial charge is 0.280 e. The van der Waals surface area contributed by atoms with Crippen LogP contribution >= 0.6 is 11.9 Å². The molecule has 1 unspecified atom stereocenters. The van der Waals surface area contributed by atoms with E-state index in [1.807, 2.05) is 20.8 Å². The van der Waals surface area contributed by atoms with Gasteiger partial charge in [0.2, 0.25) is 0 Å². The van der Waals surface area contributed by atoms with E-state index in [-0.39, 0.29) is 10.6 Å². The van der Waals surface area contributed by atoms with Crippen LogP contribution in [0.25, 0.3) is 0 Å². The van der Waals surface area contributed by atoms with Crippen LogP contribution in [0.1, 0.15) is 47.0 Å². The third kappa shape index (κ3) is 7.04. The number of hydrogen-bond donors (Lipinski definition) is 1. The van der Waals surface area contributed by atoms with E-state index < -0.39 is 0 Å². The van der Waals surface area contributed by atoms with Gasteiger partial charge in [0.25, 0.3) is 5.70 Å². The average Bonchev–Trinajstić information content (AvgIpc) is 2.39. The van der Waals surface area contributed by atoms with E-state index in [0.717, 1.165) is 6.42 Å². The summed E-state index contributed by atoms with van der Waals surface area (Å²) in [5.74, 6) is 5.81. The maximum Gasteiger partial charge on any atom is 0.280 e. The number of hydrogen-bond acceptors (Lipinski definition) is 4. The maximum absolute atomic E-state index is 11.0. The molecular formula is C14H22N2O2S. The molecule has 0 fully saturated rings. The second kappa shape index (κ2) is 10.7. The quantitative estimate of drug-likeness (QED) is 0.360. The third-order valence-electron chi connectivity index (χ3n) is 2.34. The monoisotopic (exact) mass is 282 g/mol. The molecule has 0 bridgehead atoms. The highest BCUT2D eigenvalue weighted by Crippen LogP contribution is 2.24. The van der Waals surface area contributed by atoms with Crippen LogP contribution in [0.3, 0.4) is 0 Å². The third-order valence-corrected chi connectivity index (χ3v) is 3.46. The van der Waals surface area contributed by atoms with E-state index >= 15 is 0 Å². The Morgan fingerprint density at radius 2 is 2.00 bits per heavy atom. The molecule has 106 valence electrons. The minimum absolute atomic E-state index is 0.153. The SMILES string of the molecule is CC.CCC(C)NSC1=C/CC#CC/C=C\1[N+](=O)[O-]. The van der Waals surface area contributed by atoms with Gasteiger partial charge in [-0.15, -0.1) is 0 Å². The summed E-state index contributed by atoms with van der Waals surface area (Å²) in [6.45, 7) is 8.12. The summed E-state index contributed by atoms with van der Waals surface area (Å²) >= 11 is 1.32. The molecule has 0 saturated carbocycles. The van der Waals surface area contributed by atoms with Gasteiger partial charge < -0.3 is 0 Å². The normalized spacial score (nSPS) is 20.8. The molecule has 5 heteroatoms. The van der Waals surface area contributed by atoms with Crippen LogP contribution in [0.4, 0.5) is 0 Å². The lowest BCUT2D eigenvalue weighted by atomic mass is 10.2. The molecule has 1 aliphatic carbocycles. The molecular weight excluding hydrogens is 260 g/mol. The summed E-state index contributed by atoms with van der Waals surface area (Å²) in [7, 11) is 0. The molecule has 0 amide bonds. The van der Waals surface area contributed by atoms with Gasteiger partial charge in [0, 0.05) is 25.0 Å². The summed E-state index contributed by atoms with van der Waals surface area (Å²) in [6.07, 6.45) is 5.37. The molecule has 19 heavy (non-hydrogen) atoms. The predicted octanol–water partition coefficient (Wildman–Crippen LogP) is 3.89. The first-order valence-corrected chi connectivity index (χ1v) is 7.40. The minimum atomic E-state index is -0.343. The minimum Gasteiger partial charge on any atom is -0.258 e. The number of nitrogens with zero attached hydrogens (tertiary/aromatic N) is 1. The second-order valence-corrected chi connectivity index (χ2v) is 4.59. The molecule has 0 radical (unpaired) electrons. The van der Waals surface area contributed by atoms with E-state index in [2.05, 4.69) is 23.5 Å². The molecule has 0 aromatic carbocycles. The highest BCUT2D eigenvalue weighted by molar-refractivity contribution is 8.01. The van der Waals surface area contributed by atoms with Crippen LogP contribution in [-0.4, -0.2) is 11.0 Å².